The number of benzene rings is 3. The molecule has 3 aromatic carbocycles. The topological polar surface area (TPSA) is 84.9 Å². The van der Waals surface area contributed by atoms with Gasteiger partial charge in [-0.2, -0.15) is 0 Å². The van der Waals surface area contributed by atoms with E-state index in [9.17, 15) is 13.2 Å². The molecule has 0 aromatic heterocycles. The number of ether oxygens (including phenoxy) is 2. The number of carbonyl (C=O) groups excluding carboxylic acids is 1. The first-order chi connectivity index (χ1) is 16.2. The maximum Gasteiger partial charge on any atom is 0.241 e. The molecule has 3 rings (SSSR count). The number of hydrogen-bond donors (Lipinski definition) is 1. The maximum absolute atomic E-state index is 12.6. The Bertz CT molecular complexity index is 1160. The van der Waals surface area contributed by atoms with Crippen LogP contribution in [0.15, 0.2) is 78.9 Å². The third-order valence-electron chi connectivity index (χ3n) is 4.99. The Morgan fingerprint density at radius 2 is 1.50 bits per heavy atom. The van der Waals surface area contributed by atoms with Gasteiger partial charge >= 0.3 is 0 Å². The van der Waals surface area contributed by atoms with E-state index < -0.39 is 15.9 Å². The van der Waals surface area contributed by atoms with Gasteiger partial charge in [0.25, 0.3) is 0 Å². The minimum Gasteiger partial charge on any atom is -0.491 e. The van der Waals surface area contributed by atoms with Crippen LogP contribution in [0, 0.1) is 6.92 Å². The Labute approximate surface area is 201 Å². The molecule has 0 heterocycles. The molecule has 7 nitrogen and oxygen atoms in total. The van der Waals surface area contributed by atoms with Gasteiger partial charge in [0.05, 0.1) is 18.0 Å². The lowest BCUT2D eigenvalue weighted by molar-refractivity contribution is -0.120. The minimum absolute atomic E-state index is 0.265. The average Bonchev–Trinajstić information content (AvgIpc) is 2.81. The van der Waals surface area contributed by atoms with Gasteiger partial charge in [0, 0.05) is 0 Å². The van der Waals surface area contributed by atoms with Crippen LogP contribution in [0.2, 0.25) is 0 Å². The van der Waals surface area contributed by atoms with E-state index in [1.165, 1.54) is 0 Å². The summed E-state index contributed by atoms with van der Waals surface area (Å²) in [6.07, 6.45) is 1.07. The van der Waals surface area contributed by atoms with Crippen molar-refractivity contribution in [2.75, 3.05) is 23.7 Å². The van der Waals surface area contributed by atoms with Gasteiger partial charge in [0.2, 0.25) is 15.9 Å². The zero-order valence-electron chi connectivity index (χ0n) is 19.6. The van der Waals surface area contributed by atoms with E-state index in [0.717, 1.165) is 21.7 Å². The SMILES string of the molecule is Cc1ccc(OCC(C)NC(=O)CN(c2ccc(OCc3ccccc3)cc2)S(C)(=O)=O)cc1. The second kappa shape index (κ2) is 11.6. The first-order valence-corrected chi connectivity index (χ1v) is 12.8. The van der Waals surface area contributed by atoms with Crippen LogP contribution in [0.25, 0.3) is 0 Å². The molecule has 1 N–H and O–H groups in total. The molecule has 0 saturated carbocycles. The zero-order valence-corrected chi connectivity index (χ0v) is 20.4. The molecule has 0 fully saturated rings. The minimum atomic E-state index is -3.68. The van der Waals surface area contributed by atoms with Crippen LogP contribution in [0.3, 0.4) is 0 Å². The summed E-state index contributed by atoms with van der Waals surface area (Å²) in [5.41, 5.74) is 2.54. The van der Waals surface area contributed by atoms with Gasteiger partial charge in [0.1, 0.15) is 31.3 Å². The molecule has 3 aromatic rings. The fourth-order valence-corrected chi connectivity index (χ4v) is 4.05. The van der Waals surface area contributed by atoms with Gasteiger partial charge in [-0.05, 0) is 55.8 Å². The van der Waals surface area contributed by atoms with E-state index in [1.54, 1.807) is 31.2 Å². The van der Waals surface area contributed by atoms with Crippen molar-refractivity contribution in [1.29, 1.82) is 0 Å². The lowest BCUT2D eigenvalue weighted by atomic mass is 10.2. The summed E-state index contributed by atoms with van der Waals surface area (Å²) in [6, 6.07) is 23.7. The van der Waals surface area contributed by atoms with E-state index in [2.05, 4.69) is 5.32 Å². The fourth-order valence-electron chi connectivity index (χ4n) is 3.20. The predicted molar refractivity (Wildman–Crippen MR) is 134 cm³/mol. The molecule has 1 atom stereocenters. The van der Waals surface area contributed by atoms with E-state index >= 15 is 0 Å². The van der Waals surface area contributed by atoms with Crippen molar-refractivity contribution in [2.24, 2.45) is 0 Å². The number of aryl methyl sites for hydroxylation is 1. The number of amides is 1. The van der Waals surface area contributed by atoms with Gasteiger partial charge in [-0.25, -0.2) is 8.42 Å². The molecule has 0 bridgehead atoms. The molecule has 34 heavy (non-hydrogen) atoms. The van der Waals surface area contributed by atoms with Gasteiger partial charge < -0.3 is 14.8 Å². The normalized spacial score (nSPS) is 12.0. The third kappa shape index (κ3) is 7.81. The van der Waals surface area contributed by atoms with Crippen LogP contribution in [0.5, 0.6) is 11.5 Å². The first kappa shape index (κ1) is 25.1. The van der Waals surface area contributed by atoms with Crippen LogP contribution in [0.4, 0.5) is 5.69 Å². The number of anilines is 1. The van der Waals surface area contributed by atoms with E-state index in [-0.39, 0.29) is 19.2 Å². The molecule has 0 spiro atoms. The molecule has 1 unspecified atom stereocenters. The van der Waals surface area contributed by atoms with Crippen molar-refractivity contribution in [3.8, 4) is 11.5 Å². The summed E-state index contributed by atoms with van der Waals surface area (Å²) in [5.74, 6) is 0.890. The van der Waals surface area contributed by atoms with Crippen molar-refractivity contribution in [1.82, 2.24) is 5.32 Å². The second-order valence-corrected chi connectivity index (χ2v) is 10.0. The highest BCUT2D eigenvalue weighted by Gasteiger charge is 2.22. The van der Waals surface area contributed by atoms with Crippen molar-refractivity contribution in [3.63, 3.8) is 0 Å². The van der Waals surface area contributed by atoms with Gasteiger partial charge in [-0.15, -0.1) is 0 Å². The molecule has 0 saturated heterocycles. The molecule has 0 aliphatic carbocycles. The Morgan fingerprint density at radius 1 is 0.912 bits per heavy atom. The summed E-state index contributed by atoms with van der Waals surface area (Å²) >= 11 is 0. The van der Waals surface area contributed by atoms with Gasteiger partial charge in [0.15, 0.2) is 0 Å². The Morgan fingerprint density at radius 3 is 2.12 bits per heavy atom. The lowest BCUT2D eigenvalue weighted by Gasteiger charge is -2.23. The summed E-state index contributed by atoms with van der Waals surface area (Å²) < 4.78 is 37.3. The van der Waals surface area contributed by atoms with E-state index in [0.29, 0.717) is 23.8 Å². The van der Waals surface area contributed by atoms with Crippen molar-refractivity contribution < 1.29 is 22.7 Å². The fraction of sp³-hybridized carbons (Fsp3) is 0.269. The third-order valence-corrected chi connectivity index (χ3v) is 6.13. The molecule has 0 aliphatic rings. The second-order valence-electron chi connectivity index (χ2n) is 8.13. The summed E-state index contributed by atoms with van der Waals surface area (Å²) in [6.45, 7) is 4.13. The zero-order chi connectivity index (χ0) is 24.6. The maximum atomic E-state index is 12.6. The molecule has 8 heteroatoms. The Hall–Kier alpha value is -3.52. The standard InChI is InChI=1S/C26H30N2O5S/c1-20-9-13-24(14-10-20)32-18-21(2)27-26(29)17-28(34(3,30)31)23-11-15-25(16-12-23)33-19-22-7-5-4-6-8-22/h4-16,21H,17-19H2,1-3H3,(H,27,29). The van der Waals surface area contributed by atoms with E-state index in [1.807, 2.05) is 61.5 Å². The highest BCUT2D eigenvalue weighted by molar-refractivity contribution is 7.92. The van der Waals surface area contributed by atoms with Crippen LogP contribution >= 0.6 is 0 Å². The molecule has 0 aliphatic heterocycles. The molecule has 180 valence electrons. The number of nitrogens with zero attached hydrogens (tertiary/aromatic N) is 1. The molecule has 0 radical (unpaired) electrons. The van der Waals surface area contributed by atoms with E-state index in [4.69, 9.17) is 9.47 Å². The average molecular weight is 483 g/mol. The molecule has 1 amide bonds. The first-order valence-electron chi connectivity index (χ1n) is 10.9. The van der Waals surface area contributed by atoms with Crippen LogP contribution in [-0.4, -0.2) is 39.8 Å². The lowest BCUT2D eigenvalue weighted by Crippen LogP contribution is -2.44. The number of hydrogen-bond acceptors (Lipinski definition) is 5. The highest BCUT2D eigenvalue weighted by atomic mass is 32.2. The Balaban J connectivity index is 1.56. The molecular weight excluding hydrogens is 452 g/mol. The predicted octanol–water partition coefficient (Wildman–Crippen LogP) is 3.92. The number of sulfonamides is 1. The van der Waals surface area contributed by atoms with Crippen LogP contribution in [0.1, 0.15) is 18.1 Å². The van der Waals surface area contributed by atoms with Crippen molar-refractivity contribution in [2.45, 2.75) is 26.5 Å². The summed E-state index contributed by atoms with van der Waals surface area (Å²) in [5, 5.41) is 2.79. The van der Waals surface area contributed by atoms with Crippen LogP contribution in [-0.2, 0) is 21.4 Å². The van der Waals surface area contributed by atoms with Crippen molar-refractivity contribution in [3.05, 3.63) is 90.0 Å². The summed E-state index contributed by atoms with van der Waals surface area (Å²) in [7, 11) is -3.68. The summed E-state index contributed by atoms with van der Waals surface area (Å²) in [4.78, 5) is 12.6. The quantitative estimate of drug-likeness (QED) is 0.448. The monoisotopic (exact) mass is 482 g/mol. The molecular formula is C26H30N2O5S. The van der Waals surface area contributed by atoms with Crippen LogP contribution < -0.4 is 19.1 Å². The Kier molecular flexibility index (Phi) is 8.54. The highest BCUT2D eigenvalue weighted by Crippen LogP contribution is 2.22. The van der Waals surface area contributed by atoms with Gasteiger partial charge in [-0.1, -0.05) is 48.0 Å². The number of nitrogens with one attached hydrogen (secondary N) is 1. The largest absolute Gasteiger partial charge is 0.491 e. The van der Waals surface area contributed by atoms with Gasteiger partial charge in [-0.3, -0.25) is 9.10 Å². The number of rotatable bonds is 11. The van der Waals surface area contributed by atoms with Crippen molar-refractivity contribution >= 4 is 21.6 Å². The number of carbonyl (C=O) groups is 1. The smallest absolute Gasteiger partial charge is 0.241 e.